The summed E-state index contributed by atoms with van der Waals surface area (Å²) in [4.78, 5) is 2.59. The average Bonchev–Trinajstić information content (AvgIpc) is 2.95. The molecule has 2 aliphatic rings. The minimum Gasteiger partial charge on any atom is -0.489 e. The molecule has 8 heteroatoms. The number of hydrogen-bond acceptors (Lipinski definition) is 5. The summed E-state index contributed by atoms with van der Waals surface area (Å²) in [6.07, 6.45) is 0.831. The molecule has 0 radical (unpaired) electrons. The summed E-state index contributed by atoms with van der Waals surface area (Å²) in [6, 6.07) is 10.9. The van der Waals surface area contributed by atoms with E-state index in [1.807, 2.05) is 31.2 Å². The number of rotatable bonds is 4. The zero-order valence-electron chi connectivity index (χ0n) is 16.4. The lowest BCUT2D eigenvalue weighted by molar-refractivity contribution is 0.181. The standard InChI is InChI=1S/C21H25ClN2O4S/c1-16-3-5-18(6-4-16)29(25,26)24-9-7-23(8-10-24)15-17-13-19(22)21-20(14-17)27-11-2-12-28-21/h3-6,13-14H,2,7-12,15H2,1H3. The predicted octanol–water partition coefficient (Wildman–Crippen LogP) is 3.32. The maximum absolute atomic E-state index is 12.9. The zero-order chi connectivity index (χ0) is 20.4. The van der Waals surface area contributed by atoms with E-state index in [0.29, 0.717) is 67.4 Å². The van der Waals surface area contributed by atoms with E-state index >= 15 is 0 Å². The molecule has 4 rings (SSSR count). The Bertz CT molecular complexity index is 971. The van der Waals surface area contributed by atoms with Gasteiger partial charge in [-0.15, -0.1) is 0 Å². The number of hydrogen-bond donors (Lipinski definition) is 0. The fourth-order valence-corrected chi connectivity index (χ4v) is 5.33. The smallest absolute Gasteiger partial charge is 0.243 e. The summed E-state index contributed by atoms with van der Waals surface area (Å²) in [6.45, 7) is 6.11. The molecule has 6 nitrogen and oxygen atoms in total. The summed E-state index contributed by atoms with van der Waals surface area (Å²) < 4.78 is 38.7. The molecule has 0 bridgehead atoms. The molecular formula is C21H25ClN2O4S. The summed E-state index contributed by atoms with van der Waals surface area (Å²) in [7, 11) is -3.45. The van der Waals surface area contributed by atoms with Crippen molar-refractivity contribution in [3.05, 3.63) is 52.5 Å². The third kappa shape index (κ3) is 4.53. The van der Waals surface area contributed by atoms with E-state index < -0.39 is 10.0 Å². The highest BCUT2D eigenvalue weighted by Crippen LogP contribution is 2.38. The van der Waals surface area contributed by atoms with Crippen LogP contribution in [0.2, 0.25) is 5.02 Å². The van der Waals surface area contributed by atoms with Gasteiger partial charge in [0.1, 0.15) is 0 Å². The summed E-state index contributed by atoms with van der Waals surface area (Å²) in [5, 5.41) is 0.556. The van der Waals surface area contributed by atoms with Gasteiger partial charge < -0.3 is 9.47 Å². The van der Waals surface area contributed by atoms with Crippen LogP contribution in [0.4, 0.5) is 0 Å². The van der Waals surface area contributed by atoms with Crippen molar-refractivity contribution >= 4 is 21.6 Å². The molecular weight excluding hydrogens is 412 g/mol. The highest BCUT2D eigenvalue weighted by molar-refractivity contribution is 7.89. The molecule has 0 atom stereocenters. The van der Waals surface area contributed by atoms with E-state index in [0.717, 1.165) is 17.5 Å². The summed E-state index contributed by atoms with van der Waals surface area (Å²) in [5.41, 5.74) is 2.08. The molecule has 0 saturated carbocycles. The van der Waals surface area contributed by atoms with Gasteiger partial charge in [-0.25, -0.2) is 8.42 Å². The van der Waals surface area contributed by atoms with Gasteiger partial charge in [0.15, 0.2) is 11.5 Å². The molecule has 2 aliphatic heterocycles. The fraction of sp³-hybridized carbons (Fsp3) is 0.429. The van der Waals surface area contributed by atoms with Crippen LogP contribution in [-0.4, -0.2) is 57.0 Å². The molecule has 1 saturated heterocycles. The lowest BCUT2D eigenvalue weighted by Gasteiger charge is -2.34. The minimum atomic E-state index is -3.45. The van der Waals surface area contributed by atoms with E-state index in [4.69, 9.17) is 21.1 Å². The van der Waals surface area contributed by atoms with Gasteiger partial charge in [0.25, 0.3) is 0 Å². The number of halogens is 1. The number of benzene rings is 2. The normalized spacial score (nSPS) is 18.4. The Kier molecular flexibility index (Phi) is 6.01. The number of piperazine rings is 1. The monoisotopic (exact) mass is 436 g/mol. The number of aryl methyl sites for hydroxylation is 1. The molecule has 0 spiro atoms. The van der Waals surface area contributed by atoms with Crippen molar-refractivity contribution in [2.75, 3.05) is 39.4 Å². The third-order valence-corrected chi connectivity index (χ3v) is 7.45. The van der Waals surface area contributed by atoms with Crippen LogP contribution in [0.15, 0.2) is 41.3 Å². The Labute approximate surface area is 177 Å². The minimum absolute atomic E-state index is 0.353. The number of ether oxygens (including phenoxy) is 2. The van der Waals surface area contributed by atoms with E-state index in [1.54, 1.807) is 16.4 Å². The van der Waals surface area contributed by atoms with Gasteiger partial charge in [0.05, 0.1) is 23.1 Å². The van der Waals surface area contributed by atoms with Crippen molar-refractivity contribution in [1.82, 2.24) is 9.21 Å². The second kappa shape index (κ2) is 8.52. The van der Waals surface area contributed by atoms with Crippen molar-refractivity contribution in [2.45, 2.75) is 24.8 Å². The van der Waals surface area contributed by atoms with Crippen LogP contribution in [-0.2, 0) is 16.6 Å². The van der Waals surface area contributed by atoms with Crippen molar-refractivity contribution in [2.24, 2.45) is 0 Å². The van der Waals surface area contributed by atoms with Crippen molar-refractivity contribution in [1.29, 1.82) is 0 Å². The second-order valence-electron chi connectivity index (χ2n) is 7.45. The molecule has 1 fully saturated rings. The van der Waals surface area contributed by atoms with Crippen molar-refractivity contribution in [3.8, 4) is 11.5 Å². The van der Waals surface area contributed by atoms with Gasteiger partial charge in [-0.2, -0.15) is 4.31 Å². The first-order chi connectivity index (χ1) is 13.9. The molecule has 0 unspecified atom stereocenters. The Balaban J connectivity index is 1.41. The maximum Gasteiger partial charge on any atom is 0.243 e. The van der Waals surface area contributed by atoms with Gasteiger partial charge in [-0.3, -0.25) is 4.90 Å². The van der Waals surface area contributed by atoms with Crippen LogP contribution in [0, 0.1) is 6.92 Å². The van der Waals surface area contributed by atoms with Crippen LogP contribution in [0.5, 0.6) is 11.5 Å². The fourth-order valence-electron chi connectivity index (χ4n) is 3.62. The highest BCUT2D eigenvalue weighted by atomic mass is 35.5. The maximum atomic E-state index is 12.9. The second-order valence-corrected chi connectivity index (χ2v) is 9.79. The first kappa shape index (κ1) is 20.5. The topological polar surface area (TPSA) is 59.1 Å². The number of nitrogens with zero attached hydrogens (tertiary/aromatic N) is 2. The molecule has 2 aromatic rings. The van der Waals surface area contributed by atoms with Crippen molar-refractivity contribution < 1.29 is 17.9 Å². The predicted molar refractivity (Wildman–Crippen MR) is 112 cm³/mol. The molecule has 2 heterocycles. The molecule has 0 aliphatic carbocycles. The van der Waals surface area contributed by atoms with Crippen LogP contribution < -0.4 is 9.47 Å². The van der Waals surface area contributed by atoms with E-state index in [2.05, 4.69) is 4.90 Å². The molecule has 0 amide bonds. The van der Waals surface area contributed by atoms with Crippen LogP contribution in [0.3, 0.4) is 0 Å². The van der Waals surface area contributed by atoms with Crippen LogP contribution in [0.1, 0.15) is 17.5 Å². The molecule has 0 aromatic heterocycles. The van der Waals surface area contributed by atoms with Crippen molar-refractivity contribution in [3.63, 3.8) is 0 Å². The SMILES string of the molecule is Cc1ccc(S(=O)(=O)N2CCN(Cc3cc(Cl)c4c(c3)OCCCO4)CC2)cc1. The quantitative estimate of drug-likeness (QED) is 0.735. The number of fused-ring (bicyclic) bond motifs is 1. The number of sulfonamides is 1. The average molecular weight is 437 g/mol. The van der Waals surface area contributed by atoms with E-state index in [9.17, 15) is 8.42 Å². The Morgan fingerprint density at radius 3 is 2.41 bits per heavy atom. The summed E-state index contributed by atoms with van der Waals surface area (Å²) in [5.74, 6) is 1.30. The molecule has 0 N–H and O–H groups in total. The van der Waals surface area contributed by atoms with Crippen LogP contribution in [0.25, 0.3) is 0 Å². The first-order valence-electron chi connectivity index (χ1n) is 9.81. The van der Waals surface area contributed by atoms with Gasteiger partial charge in [-0.1, -0.05) is 29.3 Å². The van der Waals surface area contributed by atoms with Gasteiger partial charge >= 0.3 is 0 Å². The largest absolute Gasteiger partial charge is 0.489 e. The lowest BCUT2D eigenvalue weighted by atomic mass is 10.1. The lowest BCUT2D eigenvalue weighted by Crippen LogP contribution is -2.48. The Morgan fingerprint density at radius 2 is 1.69 bits per heavy atom. The molecule has 29 heavy (non-hydrogen) atoms. The van der Waals surface area contributed by atoms with Crippen LogP contribution >= 0.6 is 11.6 Å². The van der Waals surface area contributed by atoms with Gasteiger partial charge in [-0.05, 0) is 36.8 Å². The summed E-state index contributed by atoms with van der Waals surface area (Å²) >= 11 is 6.39. The molecule has 156 valence electrons. The Hall–Kier alpha value is -1.80. The van der Waals surface area contributed by atoms with E-state index in [-0.39, 0.29) is 0 Å². The zero-order valence-corrected chi connectivity index (χ0v) is 18.0. The van der Waals surface area contributed by atoms with Gasteiger partial charge in [0, 0.05) is 39.1 Å². The Morgan fingerprint density at radius 1 is 1.00 bits per heavy atom. The first-order valence-corrected chi connectivity index (χ1v) is 11.6. The van der Waals surface area contributed by atoms with Gasteiger partial charge in [0.2, 0.25) is 10.0 Å². The third-order valence-electron chi connectivity index (χ3n) is 5.26. The highest BCUT2D eigenvalue weighted by Gasteiger charge is 2.28. The molecule has 2 aromatic carbocycles. The van der Waals surface area contributed by atoms with E-state index in [1.165, 1.54) is 0 Å².